The van der Waals surface area contributed by atoms with Crippen LogP contribution in [0.15, 0.2) is 24.7 Å². The van der Waals surface area contributed by atoms with Crippen molar-refractivity contribution in [1.29, 1.82) is 0 Å². The summed E-state index contributed by atoms with van der Waals surface area (Å²) in [5, 5.41) is 0. The highest BCUT2D eigenvalue weighted by Crippen LogP contribution is 1.89. The van der Waals surface area contributed by atoms with Crippen molar-refractivity contribution >= 4 is 0 Å². The van der Waals surface area contributed by atoms with Gasteiger partial charge in [-0.15, -0.1) is 0 Å². The number of hydrogen-bond acceptors (Lipinski definition) is 4. The Bertz CT molecular complexity index is 102. The number of hydrogen-bond donors (Lipinski definition) is 0. The molecule has 0 atom stereocenters. The molecular weight excluding hydrogens is 136 g/mol. The maximum atomic E-state index is 4.33. The van der Waals surface area contributed by atoms with Crippen LogP contribution in [-0.2, 0) is 19.6 Å². The second-order valence-corrected chi connectivity index (χ2v) is 1.51. The molecule has 2 rings (SSSR count). The summed E-state index contributed by atoms with van der Waals surface area (Å²) in [6.07, 6.45) is 6.61. The molecule has 4 nitrogen and oxygen atoms in total. The van der Waals surface area contributed by atoms with E-state index < -0.39 is 0 Å². The summed E-state index contributed by atoms with van der Waals surface area (Å²) in [4.78, 5) is 17.2. The average molecular weight is 144 g/mol. The van der Waals surface area contributed by atoms with Crippen molar-refractivity contribution in [2.45, 2.75) is 0 Å². The van der Waals surface area contributed by atoms with Crippen molar-refractivity contribution in [3.63, 3.8) is 0 Å². The molecule has 0 fully saturated rings. The Hall–Kier alpha value is -1.00. The SMILES string of the molecule is C1=COOC1.C1=COOC1. The highest BCUT2D eigenvalue weighted by Gasteiger charge is 1.84. The van der Waals surface area contributed by atoms with E-state index in [1.54, 1.807) is 12.2 Å². The zero-order chi connectivity index (χ0) is 7.07. The molecule has 0 aliphatic carbocycles. The van der Waals surface area contributed by atoms with E-state index in [-0.39, 0.29) is 0 Å². The van der Waals surface area contributed by atoms with Crippen LogP contribution in [-0.4, -0.2) is 13.2 Å². The van der Waals surface area contributed by atoms with E-state index in [9.17, 15) is 0 Å². The van der Waals surface area contributed by atoms with Crippen LogP contribution in [0.4, 0.5) is 0 Å². The first-order valence-electron chi connectivity index (χ1n) is 2.87. The molecule has 2 aliphatic heterocycles. The smallest absolute Gasteiger partial charge is 0.128 e. The molecule has 0 saturated heterocycles. The van der Waals surface area contributed by atoms with Gasteiger partial charge in [-0.25, -0.2) is 0 Å². The summed E-state index contributed by atoms with van der Waals surface area (Å²) in [6.45, 7) is 1.19. The zero-order valence-electron chi connectivity index (χ0n) is 5.36. The molecule has 0 saturated carbocycles. The maximum Gasteiger partial charge on any atom is 0.128 e. The first kappa shape index (κ1) is 7.11. The minimum absolute atomic E-state index is 0.597. The van der Waals surface area contributed by atoms with Gasteiger partial charge in [0, 0.05) is 0 Å². The van der Waals surface area contributed by atoms with Crippen LogP contribution in [0.3, 0.4) is 0 Å². The predicted octanol–water partition coefficient (Wildman–Crippen LogP) is 0.924. The van der Waals surface area contributed by atoms with Crippen molar-refractivity contribution in [1.82, 2.24) is 0 Å². The van der Waals surface area contributed by atoms with Crippen LogP contribution < -0.4 is 0 Å². The lowest BCUT2D eigenvalue weighted by atomic mass is 10.7. The molecule has 0 spiro atoms. The van der Waals surface area contributed by atoms with Crippen LogP contribution in [0.25, 0.3) is 0 Å². The highest BCUT2D eigenvalue weighted by molar-refractivity contribution is 4.74. The van der Waals surface area contributed by atoms with Gasteiger partial charge >= 0.3 is 0 Å². The molecule has 0 bridgehead atoms. The predicted molar refractivity (Wildman–Crippen MR) is 32.4 cm³/mol. The normalized spacial score (nSPS) is 19.2. The van der Waals surface area contributed by atoms with Gasteiger partial charge in [0.2, 0.25) is 0 Å². The fraction of sp³-hybridized carbons (Fsp3) is 0.333. The minimum atomic E-state index is 0.597. The number of rotatable bonds is 0. The van der Waals surface area contributed by atoms with Crippen molar-refractivity contribution < 1.29 is 19.6 Å². The lowest BCUT2D eigenvalue weighted by Crippen LogP contribution is -1.73. The standard InChI is InChI=1S/2C3H4O2/c2*1-2-4-5-3-1/h2*1-2H,3H2. The molecule has 0 radical (unpaired) electrons. The third-order valence-electron chi connectivity index (χ3n) is 0.768. The molecule has 2 heterocycles. The molecule has 4 heteroatoms. The Morgan fingerprint density at radius 2 is 1.30 bits per heavy atom. The van der Waals surface area contributed by atoms with Crippen molar-refractivity contribution in [2.75, 3.05) is 13.2 Å². The lowest BCUT2D eigenvalue weighted by Gasteiger charge is -1.80. The van der Waals surface area contributed by atoms with Crippen LogP contribution in [0.1, 0.15) is 0 Å². The first-order chi connectivity index (χ1) is 5.00. The van der Waals surface area contributed by atoms with Gasteiger partial charge in [0.25, 0.3) is 0 Å². The topological polar surface area (TPSA) is 36.9 Å². The molecule has 0 aromatic carbocycles. The lowest BCUT2D eigenvalue weighted by molar-refractivity contribution is -0.221. The van der Waals surface area contributed by atoms with E-state index >= 15 is 0 Å². The Morgan fingerprint density at radius 1 is 0.800 bits per heavy atom. The van der Waals surface area contributed by atoms with E-state index in [1.165, 1.54) is 12.5 Å². The highest BCUT2D eigenvalue weighted by atomic mass is 17.2. The fourth-order valence-corrected chi connectivity index (χ4v) is 0.393. The van der Waals surface area contributed by atoms with E-state index in [4.69, 9.17) is 0 Å². The Labute approximate surface area is 58.5 Å². The Balaban J connectivity index is 0.0000001000. The van der Waals surface area contributed by atoms with E-state index in [0.29, 0.717) is 13.2 Å². The second kappa shape index (κ2) is 4.84. The third-order valence-corrected chi connectivity index (χ3v) is 0.768. The van der Waals surface area contributed by atoms with E-state index in [1.807, 2.05) is 0 Å². The molecule has 10 heavy (non-hydrogen) atoms. The van der Waals surface area contributed by atoms with Crippen LogP contribution in [0, 0.1) is 0 Å². The summed E-state index contributed by atoms with van der Waals surface area (Å²) >= 11 is 0. The minimum Gasteiger partial charge on any atom is -0.345 e. The van der Waals surface area contributed by atoms with Gasteiger partial charge in [-0.05, 0) is 12.2 Å². The van der Waals surface area contributed by atoms with Crippen LogP contribution in [0.2, 0.25) is 0 Å². The summed E-state index contributed by atoms with van der Waals surface area (Å²) in [6, 6.07) is 0. The summed E-state index contributed by atoms with van der Waals surface area (Å²) in [5.41, 5.74) is 0. The Kier molecular flexibility index (Phi) is 3.44. The fourth-order valence-electron chi connectivity index (χ4n) is 0.393. The summed E-state index contributed by atoms with van der Waals surface area (Å²) < 4.78 is 0. The Morgan fingerprint density at radius 3 is 1.40 bits per heavy atom. The molecule has 0 aromatic rings. The third kappa shape index (κ3) is 3.11. The monoisotopic (exact) mass is 144 g/mol. The van der Waals surface area contributed by atoms with Gasteiger partial charge in [0.1, 0.15) is 25.7 Å². The maximum absolute atomic E-state index is 4.33. The van der Waals surface area contributed by atoms with Crippen molar-refractivity contribution in [2.24, 2.45) is 0 Å². The molecule has 0 aromatic heterocycles. The van der Waals surface area contributed by atoms with Crippen molar-refractivity contribution in [3.8, 4) is 0 Å². The quantitative estimate of drug-likeness (QED) is 0.474. The van der Waals surface area contributed by atoms with Gasteiger partial charge in [-0.1, -0.05) is 0 Å². The molecular formula is C6H8O4. The molecule has 0 unspecified atom stereocenters. The van der Waals surface area contributed by atoms with Gasteiger partial charge in [-0.3, -0.25) is 0 Å². The average Bonchev–Trinajstić information content (AvgIpc) is 2.67. The summed E-state index contributed by atoms with van der Waals surface area (Å²) in [7, 11) is 0. The van der Waals surface area contributed by atoms with E-state index in [2.05, 4.69) is 19.6 Å². The zero-order valence-corrected chi connectivity index (χ0v) is 5.36. The van der Waals surface area contributed by atoms with Gasteiger partial charge in [-0.2, -0.15) is 9.78 Å². The van der Waals surface area contributed by atoms with Crippen molar-refractivity contribution in [3.05, 3.63) is 24.7 Å². The summed E-state index contributed by atoms with van der Waals surface area (Å²) in [5.74, 6) is 0. The van der Waals surface area contributed by atoms with Gasteiger partial charge in [0.05, 0.1) is 0 Å². The molecule has 0 amide bonds. The van der Waals surface area contributed by atoms with E-state index in [0.717, 1.165) is 0 Å². The van der Waals surface area contributed by atoms with Crippen LogP contribution >= 0.6 is 0 Å². The first-order valence-corrected chi connectivity index (χ1v) is 2.87. The van der Waals surface area contributed by atoms with Gasteiger partial charge in [0.15, 0.2) is 0 Å². The molecule has 0 N–H and O–H groups in total. The molecule has 2 aliphatic rings. The van der Waals surface area contributed by atoms with Crippen LogP contribution in [0.5, 0.6) is 0 Å². The molecule has 56 valence electrons. The largest absolute Gasteiger partial charge is 0.345 e. The second-order valence-electron chi connectivity index (χ2n) is 1.51. The van der Waals surface area contributed by atoms with Gasteiger partial charge < -0.3 is 9.78 Å².